The first-order valence-electron chi connectivity index (χ1n) is 6.10. The molecule has 4 nitrogen and oxygen atoms in total. The number of hydrogen-bond donors (Lipinski definition) is 1. The molecule has 0 radical (unpaired) electrons. The fourth-order valence-corrected chi connectivity index (χ4v) is 2.19. The molecule has 1 aromatic carbocycles. The van der Waals surface area contributed by atoms with E-state index in [9.17, 15) is 10.1 Å². The topological polar surface area (TPSA) is 55.2 Å². The van der Waals surface area contributed by atoms with Gasteiger partial charge in [-0.05, 0) is 25.8 Å². The van der Waals surface area contributed by atoms with Gasteiger partial charge < -0.3 is 5.32 Å². The number of nitro groups is 1. The van der Waals surface area contributed by atoms with Gasteiger partial charge in [-0.25, -0.2) is 0 Å². The number of rotatable bonds is 6. The van der Waals surface area contributed by atoms with Gasteiger partial charge in [0, 0.05) is 17.7 Å². The van der Waals surface area contributed by atoms with E-state index in [1.807, 2.05) is 19.2 Å². The Morgan fingerprint density at radius 3 is 2.76 bits per heavy atom. The summed E-state index contributed by atoms with van der Waals surface area (Å²) in [5.41, 5.74) is 1.07. The third-order valence-corrected chi connectivity index (χ3v) is 3.38. The average molecular weight is 234 g/mol. The van der Waals surface area contributed by atoms with Crippen molar-refractivity contribution in [3.8, 4) is 0 Å². The van der Waals surface area contributed by atoms with E-state index >= 15 is 0 Å². The number of nitrogens with zero attached hydrogens (tertiary/aromatic N) is 1. The molecule has 92 valence electrons. The van der Waals surface area contributed by atoms with Crippen molar-refractivity contribution in [2.75, 3.05) is 7.05 Å². The molecule has 2 rings (SSSR count). The molecule has 17 heavy (non-hydrogen) atoms. The Morgan fingerprint density at radius 2 is 2.18 bits per heavy atom. The molecule has 1 atom stereocenters. The van der Waals surface area contributed by atoms with E-state index in [0.717, 1.165) is 24.3 Å². The molecule has 1 aliphatic rings. The van der Waals surface area contributed by atoms with Gasteiger partial charge in [0.2, 0.25) is 0 Å². The SMILES string of the molecule is CNC(Cc1ccccc1[N+](=O)[O-])CC1CC1. The highest BCUT2D eigenvalue weighted by Gasteiger charge is 2.26. The monoisotopic (exact) mass is 234 g/mol. The summed E-state index contributed by atoms with van der Waals surface area (Å²) in [6, 6.07) is 7.38. The zero-order chi connectivity index (χ0) is 12.3. The minimum Gasteiger partial charge on any atom is -0.317 e. The quantitative estimate of drug-likeness (QED) is 0.608. The molecule has 1 N–H and O–H groups in total. The Kier molecular flexibility index (Phi) is 3.74. The minimum atomic E-state index is -0.292. The van der Waals surface area contributed by atoms with Crippen molar-refractivity contribution in [2.45, 2.75) is 31.7 Å². The Bertz CT molecular complexity index is 402. The molecule has 0 bridgehead atoms. The Balaban J connectivity index is 2.07. The first kappa shape index (κ1) is 12.0. The van der Waals surface area contributed by atoms with Crippen molar-refractivity contribution in [2.24, 2.45) is 5.92 Å². The van der Waals surface area contributed by atoms with E-state index in [4.69, 9.17) is 0 Å². The van der Waals surface area contributed by atoms with Crippen LogP contribution in [-0.4, -0.2) is 18.0 Å². The van der Waals surface area contributed by atoms with Crippen LogP contribution in [0.2, 0.25) is 0 Å². The molecule has 0 spiro atoms. The van der Waals surface area contributed by atoms with Crippen LogP contribution in [0.15, 0.2) is 24.3 Å². The second kappa shape index (κ2) is 5.27. The standard InChI is InChI=1S/C13H18N2O2/c1-14-12(8-10-6-7-10)9-11-4-2-3-5-13(11)15(16)17/h2-5,10,12,14H,6-9H2,1H3. The number of para-hydroxylation sites is 1. The van der Waals surface area contributed by atoms with Gasteiger partial charge in [0.1, 0.15) is 0 Å². The number of nitrogens with one attached hydrogen (secondary N) is 1. The maximum atomic E-state index is 10.9. The number of benzene rings is 1. The van der Waals surface area contributed by atoms with Gasteiger partial charge in [-0.15, -0.1) is 0 Å². The molecular formula is C13H18N2O2. The Labute approximate surface area is 101 Å². The van der Waals surface area contributed by atoms with Crippen LogP contribution in [0.3, 0.4) is 0 Å². The lowest BCUT2D eigenvalue weighted by atomic mass is 10.00. The van der Waals surface area contributed by atoms with Crippen LogP contribution < -0.4 is 5.32 Å². The van der Waals surface area contributed by atoms with Gasteiger partial charge in [0.05, 0.1) is 4.92 Å². The number of likely N-dealkylation sites (N-methyl/N-ethyl adjacent to an activating group) is 1. The first-order chi connectivity index (χ1) is 8.20. The second-order valence-corrected chi connectivity index (χ2v) is 4.75. The summed E-state index contributed by atoms with van der Waals surface area (Å²) in [7, 11) is 1.93. The van der Waals surface area contributed by atoms with Crippen molar-refractivity contribution < 1.29 is 4.92 Å². The van der Waals surface area contributed by atoms with Crippen molar-refractivity contribution in [3.63, 3.8) is 0 Å². The second-order valence-electron chi connectivity index (χ2n) is 4.75. The molecule has 0 saturated heterocycles. The maximum absolute atomic E-state index is 10.9. The maximum Gasteiger partial charge on any atom is 0.272 e. The predicted molar refractivity (Wildman–Crippen MR) is 67.0 cm³/mol. The Morgan fingerprint density at radius 1 is 1.47 bits per heavy atom. The zero-order valence-electron chi connectivity index (χ0n) is 10.1. The van der Waals surface area contributed by atoms with Crippen LogP contribution >= 0.6 is 0 Å². The van der Waals surface area contributed by atoms with E-state index in [1.165, 1.54) is 12.8 Å². The lowest BCUT2D eigenvalue weighted by Gasteiger charge is -2.15. The molecule has 1 unspecified atom stereocenters. The van der Waals surface area contributed by atoms with Crippen molar-refractivity contribution >= 4 is 5.69 Å². The summed E-state index contributed by atoms with van der Waals surface area (Å²) >= 11 is 0. The van der Waals surface area contributed by atoms with Crippen molar-refractivity contribution in [1.29, 1.82) is 0 Å². The Hall–Kier alpha value is -1.42. The molecule has 0 heterocycles. The third kappa shape index (κ3) is 3.27. The van der Waals surface area contributed by atoms with Gasteiger partial charge in [-0.3, -0.25) is 10.1 Å². The number of nitro benzene ring substituents is 1. The highest BCUT2D eigenvalue weighted by Crippen LogP contribution is 2.34. The molecule has 1 aromatic rings. The van der Waals surface area contributed by atoms with Crippen LogP contribution in [0.4, 0.5) is 5.69 Å². The van der Waals surface area contributed by atoms with Crippen molar-refractivity contribution in [1.82, 2.24) is 5.32 Å². The molecule has 0 aliphatic heterocycles. The van der Waals surface area contributed by atoms with E-state index in [1.54, 1.807) is 12.1 Å². The third-order valence-electron chi connectivity index (χ3n) is 3.38. The minimum absolute atomic E-state index is 0.239. The summed E-state index contributed by atoms with van der Waals surface area (Å²) in [6.07, 6.45) is 4.50. The largest absolute Gasteiger partial charge is 0.317 e. The summed E-state index contributed by atoms with van der Waals surface area (Å²) in [5, 5.41) is 14.2. The molecule has 0 aromatic heterocycles. The molecular weight excluding hydrogens is 216 g/mol. The lowest BCUT2D eigenvalue weighted by Crippen LogP contribution is -2.28. The predicted octanol–water partition coefficient (Wildman–Crippen LogP) is 2.53. The summed E-state index contributed by atoms with van der Waals surface area (Å²) in [6.45, 7) is 0. The normalized spacial score (nSPS) is 16.8. The van der Waals surface area contributed by atoms with E-state index < -0.39 is 0 Å². The molecule has 4 heteroatoms. The lowest BCUT2D eigenvalue weighted by molar-refractivity contribution is -0.385. The van der Waals surface area contributed by atoms with E-state index in [-0.39, 0.29) is 10.6 Å². The summed E-state index contributed by atoms with van der Waals surface area (Å²) < 4.78 is 0. The van der Waals surface area contributed by atoms with Gasteiger partial charge in [0.15, 0.2) is 0 Å². The van der Waals surface area contributed by atoms with Gasteiger partial charge in [-0.2, -0.15) is 0 Å². The molecule has 1 fully saturated rings. The fraction of sp³-hybridized carbons (Fsp3) is 0.538. The van der Waals surface area contributed by atoms with Crippen LogP contribution in [-0.2, 0) is 6.42 Å². The number of hydrogen-bond acceptors (Lipinski definition) is 3. The van der Waals surface area contributed by atoms with Crippen LogP contribution in [0, 0.1) is 16.0 Å². The van der Waals surface area contributed by atoms with Gasteiger partial charge in [-0.1, -0.05) is 31.0 Å². The highest BCUT2D eigenvalue weighted by molar-refractivity contribution is 5.40. The zero-order valence-corrected chi connectivity index (χ0v) is 10.1. The molecule has 0 amide bonds. The van der Waals surface area contributed by atoms with Gasteiger partial charge in [0.25, 0.3) is 5.69 Å². The van der Waals surface area contributed by atoms with Crippen molar-refractivity contribution in [3.05, 3.63) is 39.9 Å². The molecule has 1 aliphatic carbocycles. The highest BCUT2D eigenvalue weighted by atomic mass is 16.6. The molecule has 1 saturated carbocycles. The van der Waals surface area contributed by atoms with Crippen LogP contribution in [0.5, 0.6) is 0 Å². The summed E-state index contributed by atoms with van der Waals surface area (Å²) in [4.78, 5) is 10.6. The smallest absolute Gasteiger partial charge is 0.272 e. The van der Waals surface area contributed by atoms with E-state index in [2.05, 4.69) is 5.32 Å². The average Bonchev–Trinajstić information content (AvgIpc) is 3.12. The first-order valence-corrected chi connectivity index (χ1v) is 6.10. The van der Waals surface area contributed by atoms with Gasteiger partial charge >= 0.3 is 0 Å². The fourth-order valence-electron chi connectivity index (χ4n) is 2.19. The summed E-state index contributed by atoms with van der Waals surface area (Å²) in [5.74, 6) is 0.829. The van der Waals surface area contributed by atoms with Crippen LogP contribution in [0.25, 0.3) is 0 Å². The van der Waals surface area contributed by atoms with E-state index in [0.29, 0.717) is 6.04 Å². The van der Waals surface area contributed by atoms with Crippen LogP contribution in [0.1, 0.15) is 24.8 Å².